The maximum absolute atomic E-state index is 9.85. The van der Waals surface area contributed by atoms with Gasteiger partial charge in [-0.1, -0.05) is 6.92 Å². The van der Waals surface area contributed by atoms with Crippen molar-refractivity contribution >= 4 is 0 Å². The SMILES string of the molecule is CCCNC[C@]1(O)O[C@H](CO)[C@@H](O)[C@@H]1O. The van der Waals surface area contributed by atoms with E-state index in [1.807, 2.05) is 6.92 Å². The number of hydrogen-bond acceptors (Lipinski definition) is 6. The number of hydrogen-bond donors (Lipinski definition) is 5. The van der Waals surface area contributed by atoms with Gasteiger partial charge in [-0.05, 0) is 13.0 Å². The summed E-state index contributed by atoms with van der Waals surface area (Å²) < 4.78 is 5.01. The van der Waals surface area contributed by atoms with Crippen molar-refractivity contribution in [1.29, 1.82) is 0 Å². The molecule has 0 aromatic heterocycles. The second-order valence-electron chi connectivity index (χ2n) is 3.80. The summed E-state index contributed by atoms with van der Waals surface area (Å²) in [6.45, 7) is 2.23. The summed E-state index contributed by atoms with van der Waals surface area (Å²) in [6.07, 6.45) is -2.71. The molecule has 15 heavy (non-hydrogen) atoms. The van der Waals surface area contributed by atoms with Gasteiger partial charge in [0.05, 0.1) is 13.2 Å². The summed E-state index contributed by atoms with van der Waals surface area (Å²) >= 11 is 0. The van der Waals surface area contributed by atoms with E-state index in [0.29, 0.717) is 6.54 Å². The summed E-state index contributed by atoms with van der Waals surface area (Å²) in [7, 11) is 0. The maximum atomic E-state index is 9.85. The zero-order chi connectivity index (χ0) is 11.5. The predicted molar refractivity (Wildman–Crippen MR) is 52.1 cm³/mol. The topological polar surface area (TPSA) is 102 Å². The van der Waals surface area contributed by atoms with E-state index in [-0.39, 0.29) is 6.54 Å². The minimum Gasteiger partial charge on any atom is -0.394 e. The summed E-state index contributed by atoms with van der Waals surface area (Å²) in [5, 5.41) is 40.5. The van der Waals surface area contributed by atoms with Crippen molar-refractivity contribution in [3.05, 3.63) is 0 Å². The first-order valence-corrected chi connectivity index (χ1v) is 5.13. The Morgan fingerprint density at radius 1 is 1.40 bits per heavy atom. The highest BCUT2D eigenvalue weighted by Gasteiger charge is 2.52. The zero-order valence-corrected chi connectivity index (χ0v) is 8.76. The van der Waals surface area contributed by atoms with Gasteiger partial charge in [-0.25, -0.2) is 0 Å². The Hall–Kier alpha value is -0.240. The minimum atomic E-state index is -1.82. The number of nitrogens with one attached hydrogen (secondary N) is 1. The van der Waals surface area contributed by atoms with Gasteiger partial charge in [0.25, 0.3) is 0 Å². The van der Waals surface area contributed by atoms with Crippen LogP contribution in [0.2, 0.25) is 0 Å². The summed E-state index contributed by atoms with van der Waals surface area (Å²) in [4.78, 5) is 0. The highest BCUT2D eigenvalue weighted by Crippen LogP contribution is 2.28. The van der Waals surface area contributed by atoms with Crippen LogP contribution in [0.3, 0.4) is 0 Å². The van der Waals surface area contributed by atoms with Crippen LogP contribution in [0.5, 0.6) is 0 Å². The average Bonchev–Trinajstić information content (AvgIpc) is 2.44. The molecule has 1 aliphatic heterocycles. The molecule has 0 radical (unpaired) electrons. The van der Waals surface area contributed by atoms with Crippen molar-refractivity contribution in [1.82, 2.24) is 5.32 Å². The molecule has 0 saturated carbocycles. The highest BCUT2D eigenvalue weighted by atomic mass is 16.7. The van der Waals surface area contributed by atoms with E-state index in [1.54, 1.807) is 0 Å². The summed E-state index contributed by atoms with van der Waals surface area (Å²) in [5.74, 6) is -1.82. The Labute approximate surface area is 88.5 Å². The molecule has 0 aromatic rings. The quantitative estimate of drug-likeness (QED) is 0.337. The lowest BCUT2D eigenvalue weighted by atomic mass is 10.1. The van der Waals surface area contributed by atoms with Gasteiger partial charge in [0.2, 0.25) is 5.79 Å². The van der Waals surface area contributed by atoms with Crippen molar-refractivity contribution in [2.75, 3.05) is 19.7 Å². The smallest absolute Gasteiger partial charge is 0.208 e. The highest BCUT2D eigenvalue weighted by molar-refractivity contribution is 4.96. The molecule has 1 aliphatic rings. The predicted octanol–water partition coefficient (Wildman–Crippen LogP) is -2.21. The third-order valence-electron chi connectivity index (χ3n) is 2.51. The number of rotatable bonds is 5. The van der Waals surface area contributed by atoms with Gasteiger partial charge >= 0.3 is 0 Å². The van der Waals surface area contributed by atoms with Gasteiger partial charge < -0.3 is 30.5 Å². The second-order valence-corrected chi connectivity index (χ2v) is 3.80. The van der Waals surface area contributed by atoms with E-state index in [4.69, 9.17) is 9.84 Å². The maximum Gasteiger partial charge on any atom is 0.208 e. The molecule has 0 aromatic carbocycles. The van der Waals surface area contributed by atoms with Gasteiger partial charge in [-0.3, -0.25) is 0 Å². The lowest BCUT2D eigenvalue weighted by Crippen LogP contribution is -2.50. The van der Waals surface area contributed by atoms with Crippen LogP contribution in [-0.4, -0.2) is 64.2 Å². The fourth-order valence-corrected chi connectivity index (χ4v) is 1.61. The molecule has 0 spiro atoms. The first-order chi connectivity index (χ1) is 7.05. The molecular formula is C9H19NO5. The van der Waals surface area contributed by atoms with E-state index in [2.05, 4.69) is 5.32 Å². The molecule has 1 heterocycles. The Bertz CT molecular complexity index is 203. The minimum absolute atomic E-state index is 0.0234. The van der Waals surface area contributed by atoms with E-state index in [9.17, 15) is 15.3 Å². The average molecular weight is 221 g/mol. The lowest BCUT2D eigenvalue weighted by Gasteiger charge is -2.26. The van der Waals surface area contributed by atoms with E-state index in [0.717, 1.165) is 6.42 Å². The third kappa shape index (κ3) is 2.66. The molecular weight excluding hydrogens is 202 g/mol. The van der Waals surface area contributed by atoms with Crippen LogP contribution in [0.15, 0.2) is 0 Å². The van der Waals surface area contributed by atoms with E-state index >= 15 is 0 Å². The molecule has 90 valence electrons. The van der Waals surface area contributed by atoms with Gasteiger partial charge in [-0.2, -0.15) is 0 Å². The second kappa shape index (κ2) is 5.20. The van der Waals surface area contributed by atoms with E-state index < -0.39 is 30.7 Å². The monoisotopic (exact) mass is 221 g/mol. The van der Waals surface area contributed by atoms with Crippen molar-refractivity contribution in [3.63, 3.8) is 0 Å². The fraction of sp³-hybridized carbons (Fsp3) is 1.00. The van der Waals surface area contributed by atoms with Gasteiger partial charge in [0.1, 0.15) is 18.3 Å². The largest absolute Gasteiger partial charge is 0.394 e. The van der Waals surface area contributed by atoms with Crippen LogP contribution < -0.4 is 5.32 Å². The molecule has 1 rings (SSSR count). The van der Waals surface area contributed by atoms with Crippen molar-refractivity contribution in [3.8, 4) is 0 Å². The number of ether oxygens (including phenoxy) is 1. The van der Waals surface area contributed by atoms with E-state index in [1.165, 1.54) is 0 Å². The molecule has 4 atom stereocenters. The molecule has 6 nitrogen and oxygen atoms in total. The van der Waals surface area contributed by atoms with Crippen LogP contribution >= 0.6 is 0 Å². The van der Waals surface area contributed by atoms with Gasteiger partial charge in [-0.15, -0.1) is 0 Å². The third-order valence-corrected chi connectivity index (χ3v) is 2.51. The Morgan fingerprint density at radius 2 is 2.07 bits per heavy atom. The molecule has 1 fully saturated rings. The fourth-order valence-electron chi connectivity index (χ4n) is 1.61. The molecule has 0 bridgehead atoms. The molecule has 0 unspecified atom stereocenters. The lowest BCUT2D eigenvalue weighted by molar-refractivity contribution is -0.226. The molecule has 0 aliphatic carbocycles. The first-order valence-electron chi connectivity index (χ1n) is 5.13. The Balaban J connectivity index is 2.53. The summed E-state index contributed by atoms with van der Waals surface area (Å²) in [5.41, 5.74) is 0. The van der Waals surface area contributed by atoms with Crippen LogP contribution in [0, 0.1) is 0 Å². The van der Waals surface area contributed by atoms with Gasteiger partial charge in [0, 0.05) is 0 Å². The number of aliphatic hydroxyl groups is 4. The standard InChI is InChI=1S/C9H19NO5/c1-2-3-10-5-9(14)8(13)7(12)6(4-11)15-9/h6-8,10-14H,2-5H2,1H3/t6-,7-,8+,9+/m1/s1. The van der Waals surface area contributed by atoms with Crippen molar-refractivity contribution in [2.45, 2.75) is 37.4 Å². The summed E-state index contributed by atoms with van der Waals surface area (Å²) in [6, 6.07) is 0. The van der Waals surface area contributed by atoms with Crippen LogP contribution in [-0.2, 0) is 4.74 Å². The molecule has 6 heteroatoms. The Kier molecular flexibility index (Phi) is 4.45. The number of aliphatic hydroxyl groups excluding tert-OH is 3. The first kappa shape index (κ1) is 12.8. The molecule has 5 N–H and O–H groups in total. The molecule has 1 saturated heterocycles. The Morgan fingerprint density at radius 3 is 2.53 bits per heavy atom. The molecule has 0 amide bonds. The van der Waals surface area contributed by atoms with Gasteiger partial charge in [0.15, 0.2) is 0 Å². The van der Waals surface area contributed by atoms with Crippen molar-refractivity contribution in [2.24, 2.45) is 0 Å². The normalized spacial score (nSPS) is 41.0. The zero-order valence-electron chi connectivity index (χ0n) is 8.76. The van der Waals surface area contributed by atoms with Crippen LogP contribution in [0.4, 0.5) is 0 Å². The van der Waals surface area contributed by atoms with Crippen LogP contribution in [0.1, 0.15) is 13.3 Å². The van der Waals surface area contributed by atoms with Crippen LogP contribution in [0.25, 0.3) is 0 Å². The van der Waals surface area contributed by atoms with Crippen molar-refractivity contribution < 1.29 is 25.2 Å².